The number of hydrogen-bond donors (Lipinski definition) is 3. The number of nitrogens with two attached hydrogens (primary N) is 1. The molecule has 0 atom stereocenters. The van der Waals surface area contributed by atoms with E-state index in [0.29, 0.717) is 6.04 Å². The Balaban J connectivity index is 2.17. The van der Waals surface area contributed by atoms with E-state index in [1.165, 1.54) is 12.1 Å². The lowest BCUT2D eigenvalue weighted by atomic mass is 10.1. The van der Waals surface area contributed by atoms with Gasteiger partial charge < -0.3 is 16.4 Å². The van der Waals surface area contributed by atoms with E-state index in [1.807, 2.05) is 0 Å². The number of anilines is 1. The van der Waals surface area contributed by atoms with Crippen LogP contribution in [-0.2, 0) is 0 Å². The molecule has 1 saturated heterocycles. The molecule has 80 valence electrons. The van der Waals surface area contributed by atoms with E-state index in [2.05, 4.69) is 10.6 Å². The van der Waals surface area contributed by atoms with Crippen molar-refractivity contribution in [2.75, 3.05) is 18.4 Å². The Hall–Kier alpha value is -1.62. The number of nitrogens with one attached hydrogen (secondary N) is 2. The van der Waals surface area contributed by atoms with Crippen LogP contribution in [0.1, 0.15) is 10.4 Å². The van der Waals surface area contributed by atoms with Gasteiger partial charge >= 0.3 is 0 Å². The maximum Gasteiger partial charge on any atom is 0.251 e. The Bertz CT molecular complexity index is 390. The molecule has 0 aliphatic carbocycles. The summed E-state index contributed by atoms with van der Waals surface area (Å²) in [5.74, 6) is -1.33. The van der Waals surface area contributed by atoms with Gasteiger partial charge in [0.15, 0.2) is 0 Å². The summed E-state index contributed by atoms with van der Waals surface area (Å²) in [6.45, 7) is 1.76. The zero-order valence-electron chi connectivity index (χ0n) is 8.09. The second-order valence-corrected chi connectivity index (χ2v) is 3.56. The van der Waals surface area contributed by atoms with Crippen molar-refractivity contribution in [3.63, 3.8) is 0 Å². The van der Waals surface area contributed by atoms with Crippen molar-refractivity contribution in [3.05, 3.63) is 29.6 Å². The number of amides is 1. The lowest BCUT2D eigenvalue weighted by Gasteiger charge is -2.29. The number of primary amides is 1. The van der Waals surface area contributed by atoms with Gasteiger partial charge in [0.2, 0.25) is 0 Å². The Morgan fingerprint density at radius 2 is 2.27 bits per heavy atom. The SMILES string of the molecule is NC(=O)c1cc(NC2CNC2)ccc1F. The van der Waals surface area contributed by atoms with E-state index < -0.39 is 11.7 Å². The highest BCUT2D eigenvalue weighted by atomic mass is 19.1. The van der Waals surface area contributed by atoms with Crippen molar-refractivity contribution in [1.29, 1.82) is 0 Å². The van der Waals surface area contributed by atoms with Crippen molar-refractivity contribution in [2.45, 2.75) is 6.04 Å². The van der Waals surface area contributed by atoms with Gasteiger partial charge in [-0.25, -0.2) is 4.39 Å². The maximum atomic E-state index is 13.1. The Morgan fingerprint density at radius 1 is 1.53 bits per heavy atom. The van der Waals surface area contributed by atoms with Crippen molar-refractivity contribution in [1.82, 2.24) is 5.32 Å². The van der Waals surface area contributed by atoms with E-state index in [0.717, 1.165) is 18.8 Å². The highest BCUT2D eigenvalue weighted by molar-refractivity contribution is 5.94. The predicted molar refractivity (Wildman–Crippen MR) is 55.2 cm³/mol. The molecule has 5 heteroatoms. The van der Waals surface area contributed by atoms with Crippen LogP contribution in [0, 0.1) is 5.82 Å². The number of carbonyl (C=O) groups is 1. The zero-order chi connectivity index (χ0) is 10.8. The van der Waals surface area contributed by atoms with E-state index in [1.54, 1.807) is 6.07 Å². The fourth-order valence-corrected chi connectivity index (χ4v) is 1.43. The van der Waals surface area contributed by atoms with Crippen LogP contribution >= 0.6 is 0 Å². The number of rotatable bonds is 3. The molecule has 4 nitrogen and oxygen atoms in total. The van der Waals surface area contributed by atoms with E-state index in [4.69, 9.17) is 5.73 Å². The third-order valence-corrected chi connectivity index (χ3v) is 2.38. The highest BCUT2D eigenvalue weighted by Gasteiger charge is 2.17. The van der Waals surface area contributed by atoms with E-state index in [-0.39, 0.29) is 5.56 Å². The molecule has 0 unspecified atom stereocenters. The first-order valence-corrected chi connectivity index (χ1v) is 4.73. The maximum absolute atomic E-state index is 13.1. The molecule has 1 aliphatic rings. The number of hydrogen-bond acceptors (Lipinski definition) is 3. The van der Waals surface area contributed by atoms with Crippen LogP contribution in [0.2, 0.25) is 0 Å². The largest absolute Gasteiger partial charge is 0.380 e. The third-order valence-electron chi connectivity index (χ3n) is 2.38. The molecule has 1 heterocycles. The van der Waals surface area contributed by atoms with Crippen LogP contribution < -0.4 is 16.4 Å². The molecule has 1 fully saturated rings. The summed E-state index contributed by atoms with van der Waals surface area (Å²) in [6, 6.07) is 4.63. The van der Waals surface area contributed by atoms with Crippen LogP contribution in [0.4, 0.5) is 10.1 Å². The van der Waals surface area contributed by atoms with Gasteiger partial charge in [-0.3, -0.25) is 4.79 Å². The Morgan fingerprint density at radius 3 is 2.80 bits per heavy atom. The molecule has 1 amide bonds. The minimum Gasteiger partial charge on any atom is -0.380 e. The summed E-state index contributed by atoms with van der Waals surface area (Å²) in [7, 11) is 0. The summed E-state index contributed by atoms with van der Waals surface area (Å²) in [5.41, 5.74) is 5.68. The Kier molecular flexibility index (Phi) is 2.55. The lowest BCUT2D eigenvalue weighted by Crippen LogP contribution is -2.51. The molecule has 0 aromatic heterocycles. The quantitative estimate of drug-likeness (QED) is 0.671. The van der Waals surface area contributed by atoms with E-state index in [9.17, 15) is 9.18 Å². The summed E-state index contributed by atoms with van der Waals surface area (Å²) in [4.78, 5) is 10.9. The van der Waals surface area contributed by atoms with Crippen molar-refractivity contribution < 1.29 is 9.18 Å². The topological polar surface area (TPSA) is 67.2 Å². The normalized spacial score (nSPS) is 15.8. The first-order valence-electron chi connectivity index (χ1n) is 4.73. The summed E-state index contributed by atoms with van der Waals surface area (Å²) in [6.07, 6.45) is 0. The first-order chi connectivity index (χ1) is 7.16. The van der Waals surface area contributed by atoms with E-state index >= 15 is 0 Å². The van der Waals surface area contributed by atoms with Gasteiger partial charge in [-0.1, -0.05) is 0 Å². The zero-order valence-corrected chi connectivity index (χ0v) is 8.09. The van der Waals surface area contributed by atoms with Gasteiger partial charge in [0.1, 0.15) is 5.82 Å². The number of benzene rings is 1. The van der Waals surface area contributed by atoms with Gasteiger partial charge in [0.25, 0.3) is 5.91 Å². The van der Waals surface area contributed by atoms with Gasteiger partial charge in [-0.2, -0.15) is 0 Å². The summed E-state index contributed by atoms with van der Waals surface area (Å²) >= 11 is 0. The van der Waals surface area contributed by atoms with Gasteiger partial charge in [-0.15, -0.1) is 0 Å². The molecule has 0 saturated carbocycles. The molecular weight excluding hydrogens is 197 g/mol. The predicted octanol–water partition coefficient (Wildman–Crippen LogP) is 0.308. The molecule has 15 heavy (non-hydrogen) atoms. The van der Waals surface area contributed by atoms with Crippen LogP contribution in [-0.4, -0.2) is 25.0 Å². The molecule has 1 aromatic carbocycles. The van der Waals surface area contributed by atoms with Crippen molar-refractivity contribution in [2.24, 2.45) is 5.73 Å². The first kappa shape index (κ1) is 9.92. The second-order valence-electron chi connectivity index (χ2n) is 3.56. The van der Waals surface area contributed by atoms with Crippen LogP contribution in [0.3, 0.4) is 0 Å². The molecule has 2 rings (SSSR count). The fourth-order valence-electron chi connectivity index (χ4n) is 1.43. The average Bonchev–Trinajstić information content (AvgIpc) is 2.13. The monoisotopic (exact) mass is 209 g/mol. The molecule has 0 bridgehead atoms. The molecule has 4 N–H and O–H groups in total. The van der Waals surface area contributed by atoms with Crippen LogP contribution in [0.5, 0.6) is 0 Å². The van der Waals surface area contributed by atoms with Gasteiger partial charge in [0, 0.05) is 18.8 Å². The van der Waals surface area contributed by atoms with Gasteiger partial charge in [0.05, 0.1) is 11.6 Å². The highest BCUT2D eigenvalue weighted by Crippen LogP contribution is 2.15. The van der Waals surface area contributed by atoms with Crippen molar-refractivity contribution in [3.8, 4) is 0 Å². The molecule has 0 spiro atoms. The molecule has 1 aromatic rings. The second kappa shape index (κ2) is 3.86. The number of halogens is 1. The Labute approximate surface area is 86.7 Å². The molecule has 1 aliphatic heterocycles. The van der Waals surface area contributed by atoms with Gasteiger partial charge in [-0.05, 0) is 18.2 Å². The summed E-state index contributed by atoms with van der Waals surface area (Å²) < 4.78 is 13.1. The lowest BCUT2D eigenvalue weighted by molar-refractivity contribution is 0.0996. The fraction of sp³-hybridized carbons (Fsp3) is 0.300. The van der Waals surface area contributed by atoms with Crippen LogP contribution in [0.25, 0.3) is 0 Å². The standard InChI is InChI=1S/C10H12FN3O/c11-9-2-1-6(3-8(9)10(12)15)14-7-4-13-5-7/h1-3,7,13-14H,4-5H2,(H2,12,15). The smallest absolute Gasteiger partial charge is 0.251 e. The minimum absolute atomic E-state index is 0.0766. The number of carbonyl (C=O) groups excluding carboxylic acids is 1. The third kappa shape index (κ3) is 2.07. The van der Waals surface area contributed by atoms with Crippen molar-refractivity contribution >= 4 is 11.6 Å². The average molecular weight is 209 g/mol. The molecular formula is C10H12FN3O. The summed E-state index contributed by atoms with van der Waals surface area (Å²) in [5, 5.41) is 6.27. The minimum atomic E-state index is -0.747. The van der Waals surface area contributed by atoms with Crippen LogP contribution in [0.15, 0.2) is 18.2 Å². The molecule has 0 radical (unpaired) electrons.